The van der Waals surface area contributed by atoms with Crippen LogP contribution in [0.25, 0.3) is 11.1 Å². The molecule has 0 spiro atoms. The highest BCUT2D eigenvalue weighted by Gasteiger charge is 2.25. The van der Waals surface area contributed by atoms with Gasteiger partial charge >= 0.3 is 5.97 Å². The molecule has 1 aromatic heterocycles. The molecule has 2 heterocycles. The Kier molecular flexibility index (Phi) is 6.20. The van der Waals surface area contributed by atoms with Crippen LogP contribution in [0.4, 0.5) is 5.95 Å². The number of anilines is 1. The van der Waals surface area contributed by atoms with Gasteiger partial charge < -0.3 is 20.6 Å². The van der Waals surface area contributed by atoms with Gasteiger partial charge in [-0.25, -0.2) is 9.97 Å². The maximum Gasteiger partial charge on any atom is 0.306 e. The third kappa shape index (κ3) is 4.64. The van der Waals surface area contributed by atoms with Crippen molar-refractivity contribution in [3.05, 3.63) is 42.2 Å². The summed E-state index contributed by atoms with van der Waals surface area (Å²) in [6, 6.07) is 7.89. The molecular weight excluding hydrogens is 358 g/mol. The number of benzene rings is 1. The van der Waals surface area contributed by atoms with Crippen LogP contribution in [0, 0.1) is 5.92 Å². The summed E-state index contributed by atoms with van der Waals surface area (Å²) in [6.07, 6.45) is 4.77. The second-order valence-electron chi connectivity index (χ2n) is 7.03. The molecule has 1 aromatic carbocycles. The minimum atomic E-state index is -0.727. The molecule has 1 aliphatic heterocycles. The summed E-state index contributed by atoms with van der Waals surface area (Å²) < 4.78 is 0. The van der Waals surface area contributed by atoms with Crippen LogP contribution in [0.3, 0.4) is 0 Å². The highest BCUT2D eigenvalue weighted by atomic mass is 16.4. The largest absolute Gasteiger partial charge is 0.481 e. The van der Waals surface area contributed by atoms with Crippen molar-refractivity contribution < 1.29 is 14.7 Å². The lowest BCUT2D eigenvalue weighted by Gasteiger charge is -2.30. The van der Waals surface area contributed by atoms with Crippen LogP contribution in [0.5, 0.6) is 0 Å². The van der Waals surface area contributed by atoms with E-state index in [1.165, 1.54) is 0 Å². The Morgan fingerprint density at radius 3 is 2.50 bits per heavy atom. The van der Waals surface area contributed by atoms with Crippen molar-refractivity contribution in [3.8, 4) is 11.1 Å². The topological polar surface area (TPSA) is 113 Å². The number of piperidine rings is 1. The molecule has 8 heteroatoms. The lowest BCUT2D eigenvalue weighted by Crippen LogP contribution is -2.37. The van der Waals surface area contributed by atoms with Gasteiger partial charge in [-0.3, -0.25) is 9.59 Å². The molecule has 8 nitrogen and oxygen atoms in total. The highest BCUT2D eigenvalue weighted by Crippen LogP contribution is 2.23. The number of aromatic nitrogens is 2. The van der Waals surface area contributed by atoms with Gasteiger partial charge in [0.25, 0.3) is 0 Å². The molecule has 1 saturated heterocycles. The molecule has 2 aromatic rings. The first-order valence-corrected chi connectivity index (χ1v) is 9.31. The van der Waals surface area contributed by atoms with Crippen LogP contribution >= 0.6 is 0 Å². The minimum absolute atomic E-state index is 0.00476. The molecule has 0 saturated carbocycles. The van der Waals surface area contributed by atoms with E-state index in [1.807, 2.05) is 29.2 Å². The fourth-order valence-electron chi connectivity index (χ4n) is 3.33. The van der Waals surface area contributed by atoms with Gasteiger partial charge in [0.2, 0.25) is 11.9 Å². The number of aliphatic carboxylic acids is 1. The summed E-state index contributed by atoms with van der Waals surface area (Å²) in [4.78, 5) is 35.3. The fourth-order valence-corrected chi connectivity index (χ4v) is 3.33. The Balaban J connectivity index is 1.68. The Morgan fingerprint density at radius 1 is 1.21 bits per heavy atom. The van der Waals surface area contributed by atoms with Crippen LogP contribution in [0.15, 0.2) is 36.7 Å². The van der Waals surface area contributed by atoms with E-state index in [9.17, 15) is 9.59 Å². The number of hydrogen-bond donors (Lipinski definition) is 2. The molecule has 1 aliphatic rings. The maximum atomic E-state index is 11.7. The standard InChI is InChI=1S/C20H25N5O3/c1-24(18(26)10-21)13-14-3-2-4-16(9-14)17-11-22-20(23-12-17)25-7-5-15(6-8-25)19(27)28/h2-4,9,11-12,15H,5-8,10,13,21H2,1H3,(H,27,28). The number of likely N-dealkylation sites (N-methyl/N-ethyl adjacent to an activating group) is 1. The van der Waals surface area contributed by atoms with E-state index in [-0.39, 0.29) is 18.4 Å². The summed E-state index contributed by atoms with van der Waals surface area (Å²) in [5.74, 6) is -0.487. The molecule has 0 radical (unpaired) electrons. The van der Waals surface area contributed by atoms with Gasteiger partial charge in [0.15, 0.2) is 0 Å². The first kappa shape index (κ1) is 19.8. The van der Waals surface area contributed by atoms with Gasteiger partial charge in [-0.15, -0.1) is 0 Å². The summed E-state index contributed by atoms with van der Waals surface area (Å²) in [5, 5.41) is 9.10. The number of hydrogen-bond acceptors (Lipinski definition) is 6. The van der Waals surface area contributed by atoms with Crippen LogP contribution in [-0.2, 0) is 16.1 Å². The lowest BCUT2D eigenvalue weighted by molar-refractivity contribution is -0.142. The Bertz CT molecular complexity index is 832. The van der Waals surface area contributed by atoms with Gasteiger partial charge in [-0.2, -0.15) is 0 Å². The normalized spacial score (nSPS) is 14.7. The average molecular weight is 383 g/mol. The maximum absolute atomic E-state index is 11.7. The fraction of sp³-hybridized carbons (Fsp3) is 0.400. The van der Waals surface area contributed by atoms with Crippen LogP contribution in [0.1, 0.15) is 18.4 Å². The Hall–Kier alpha value is -3.00. The summed E-state index contributed by atoms with van der Waals surface area (Å²) in [5.41, 5.74) is 8.27. The first-order valence-electron chi connectivity index (χ1n) is 9.31. The molecule has 0 bridgehead atoms. The van der Waals surface area contributed by atoms with Crippen molar-refractivity contribution in [2.45, 2.75) is 19.4 Å². The smallest absolute Gasteiger partial charge is 0.306 e. The number of carbonyl (C=O) groups is 2. The van der Waals surface area contributed by atoms with Crippen LogP contribution < -0.4 is 10.6 Å². The molecule has 28 heavy (non-hydrogen) atoms. The third-order valence-electron chi connectivity index (χ3n) is 5.05. The molecule has 1 amide bonds. The van der Waals surface area contributed by atoms with Crippen LogP contribution in [-0.4, -0.2) is 58.5 Å². The molecule has 1 fully saturated rings. The lowest BCUT2D eigenvalue weighted by atomic mass is 9.97. The van der Waals surface area contributed by atoms with E-state index in [1.54, 1.807) is 24.3 Å². The van der Waals surface area contributed by atoms with E-state index in [2.05, 4.69) is 9.97 Å². The number of nitrogens with zero attached hydrogens (tertiary/aromatic N) is 4. The van der Waals surface area contributed by atoms with Crippen molar-refractivity contribution in [1.82, 2.24) is 14.9 Å². The summed E-state index contributed by atoms with van der Waals surface area (Å²) in [6.45, 7) is 1.77. The zero-order valence-electron chi connectivity index (χ0n) is 15.9. The highest BCUT2D eigenvalue weighted by molar-refractivity contribution is 5.77. The molecule has 148 valence electrons. The number of carbonyl (C=O) groups excluding carboxylic acids is 1. The summed E-state index contributed by atoms with van der Waals surface area (Å²) in [7, 11) is 1.73. The van der Waals surface area contributed by atoms with Crippen molar-refractivity contribution in [1.29, 1.82) is 0 Å². The van der Waals surface area contributed by atoms with E-state index in [4.69, 9.17) is 10.8 Å². The third-order valence-corrected chi connectivity index (χ3v) is 5.05. The zero-order valence-corrected chi connectivity index (χ0v) is 15.9. The predicted octanol–water partition coefficient (Wildman–Crippen LogP) is 1.36. The summed E-state index contributed by atoms with van der Waals surface area (Å²) >= 11 is 0. The van der Waals surface area contributed by atoms with Crippen molar-refractivity contribution in [2.75, 3.05) is 31.6 Å². The Morgan fingerprint density at radius 2 is 1.89 bits per heavy atom. The minimum Gasteiger partial charge on any atom is -0.481 e. The second-order valence-corrected chi connectivity index (χ2v) is 7.03. The molecule has 0 atom stereocenters. The predicted molar refractivity (Wildman–Crippen MR) is 106 cm³/mol. The van der Waals surface area contributed by atoms with Crippen molar-refractivity contribution in [2.24, 2.45) is 11.7 Å². The number of nitrogens with two attached hydrogens (primary N) is 1. The van der Waals surface area contributed by atoms with E-state index < -0.39 is 5.97 Å². The second kappa shape index (κ2) is 8.79. The molecule has 0 unspecified atom stereocenters. The molecule has 3 rings (SSSR count). The number of carboxylic acid groups (broad SMARTS) is 1. The molecule has 3 N–H and O–H groups in total. The molecular formula is C20H25N5O3. The van der Waals surface area contributed by atoms with E-state index in [0.29, 0.717) is 38.4 Å². The van der Waals surface area contributed by atoms with E-state index >= 15 is 0 Å². The van der Waals surface area contributed by atoms with Crippen LogP contribution in [0.2, 0.25) is 0 Å². The van der Waals surface area contributed by atoms with Gasteiger partial charge in [0, 0.05) is 44.6 Å². The monoisotopic (exact) mass is 383 g/mol. The number of carboxylic acids is 1. The number of rotatable bonds is 6. The Labute approximate surface area is 164 Å². The quantitative estimate of drug-likeness (QED) is 0.774. The zero-order chi connectivity index (χ0) is 20.1. The van der Waals surface area contributed by atoms with Crippen molar-refractivity contribution in [3.63, 3.8) is 0 Å². The van der Waals surface area contributed by atoms with Crippen molar-refractivity contribution >= 4 is 17.8 Å². The van der Waals surface area contributed by atoms with E-state index in [0.717, 1.165) is 16.7 Å². The van der Waals surface area contributed by atoms with Gasteiger partial charge in [0.1, 0.15) is 0 Å². The van der Waals surface area contributed by atoms with Gasteiger partial charge in [-0.05, 0) is 30.0 Å². The molecule has 0 aliphatic carbocycles. The first-order chi connectivity index (χ1) is 13.5. The SMILES string of the molecule is CN(Cc1cccc(-c2cnc(N3CCC(C(=O)O)CC3)nc2)c1)C(=O)CN. The number of amides is 1. The van der Waals surface area contributed by atoms with Gasteiger partial charge in [0.05, 0.1) is 12.5 Å². The average Bonchev–Trinajstić information content (AvgIpc) is 2.73. The van der Waals surface area contributed by atoms with Gasteiger partial charge in [-0.1, -0.05) is 18.2 Å².